The molecular weight excluding hydrogens is 240 g/mol. The molecule has 0 aliphatic rings. The van der Waals surface area contributed by atoms with Crippen LogP contribution in [-0.4, -0.2) is 11.0 Å². The fraction of sp³-hybridized carbons (Fsp3) is 0.133. The Hall–Kier alpha value is -2.33. The SMILES string of the molecule is Cc1c(O)cccc1C(=O)Nc1cccc(CN)c1. The van der Waals surface area contributed by atoms with Crippen molar-refractivity contribution < 1.29 is 9.90 Å². The van der Waals surface area contributed by atoms with Crippen LogP contribution < -0.4 is 11.1 Å². The Morgan fingerprint density at radius 3 is 2.74 bits per heavy atom. The summed E-state index contributed by atoms with van der Waals surface area (Å²) in [5.74, 6) is -0.133. The van der Waals surface area contributed by atoms with Gasteiger partial charge in [0.05, 0.1) is 0 Å². The van der Waals surface area contributed by atoms with Crippen LogP contribution in [0.1, 0.15) is 21.5 Å². The van der Waals surface area contributed by atoms with E-state index in [2.05, 4.69) is 5.32 Å². The molecule has 0 atom stereocenters. The maximum atomic E-state index is 12.1. The lowest BCUT2D eigenvalue weighted by molar-refractivity contribution is 0.102. The number of aromatic hydroxyl groups is 1. The molecule has 0 fully saturated rings. The quantitative estimate of drug-likeness (QED) is 0.789. The first-order chi connectivity index (χ1) is 9.11. The van der Waals surface area contributed by atoms with Crippen molar-refractivity contribution in [3.05, 3.63) is 59.2 Å². The number of amides is 1. The van der Waals surface area contributed by atoms with E-state index in [0.717, 1.165) is 5.56 Å². The van der Waals surface area contributed by atoms with Gasteiger partial charge in [0.15, 0.2) is 0 Å². The highest BCUT2D eigenvalue weighted by atomic mass is 16.3. The molecule has 2 rings (SSSR count). The molecule has 0 aromatic heterocycles. The minimum Gasteiger partial charge on any atom is -0.508 e. The van der Waals surface area contributed by atoms with Gasteiger partial charge in [-0.2, -0.15) is 0 Å². The van der Waals surface area contributed by atoms with Gasteiger partial charge in [-0.15, -0.1) is 0 Å². The third-order valence-corrected chi connectivity index (χ3v) is 2.97. The second kappa shape index (κ2) is 5.54. The first kappa shape index (κ1) is 13.1. The zero-order valence-corrected chi connectivity index (χ0v) is 10.7. The molecule has 98 valence electrons. The number of hydrogen-bond acceptors (Lipinski definition) is 3. The third kappa shape index (κ3) is 2.92. The van der Waals surface area contributed by atoms with Crippen molar-refractivity contribution in [3.8, 4) is 5.75 Å². The molecule has 0 spiro atoms. The molecule has 0 bridgehead atoms. The molecule has 2 aromatic rings. The minimum absolute atomic E-state index is 0.114. The highest BCUT2D eigenvalue weighted by Crippen LogP contribution is 2.21. The van der Waals surface area contributed by atoms with E-state index in [4.69, 9.17) is 5.73 Å². The number of hydrogen-bond donors (Lipinski definition) is 3. The van der Waals surface area contributed by atoms with Crippen LogP contribution >= 0.6 is 0 Å². The largest absolute Gasteiger partial charge is 0.508 e. The predicted molar refractivity (Wildman–Crippen MR) is 75.1 cm³/mol. The lowest BCUT2D eigenvalue weighted by Gasteiger charge is -2.09. The average molecular weight is 256 g/mol. The summed E-state index contributed by atoms with van der Waals surface area (Å²) in [6, 6.07) is 12.2. The summed E-state index contributed by atoms with van der Waals surface area (Å²) >= 11 is 0. The summed E-state index contributed by atoms with van der Waals surface area (Å²) in [6.07, 6.45) is 0. The van der Waals surface area contributed by atoms with Gasteiger partial charge in [-0.3, -0.25) is 4.79 Å². The second-order valence-corrected chi connectivity index (χ2v) is 4.31. The van der Waals surface area contributed by atoms with Gasteiger partial charge < -0.3 is 16.2 Å². The van der Waals surface area contributed by atoms with Gasteiger partial charge in [-0.1, -0.05) is 18.2 Å². The highest BCUT2D eigenvalue weighted by Gasteiger charge is 2.11. The fourth-order valence-corrected chi connectivity index (χ4v) is 1.84. The molecule has 0 saturated carbocycles. The van der Waals surface area contributed by atoms with Gasteiger partial charge in [0.1, 0.15) is 5.75 Å². The summed E-state index contributed by atoms with van der Waals surface area (Å²) in [5.41, 5.74) is 8.22. The average Bonchev–Trinajstić information content (AvgIpc) is 2.42. The van der Waals surface area contributed by atoms with Crippen LogP contribution in [-0.2, 0) is 6.54 Å². The van der Waals surface area contributed by atoms with Crippen molar-refractivity contribution in [2.75, 3.05) is 5.32 Å². The molecule has 0 unspecified atom stereocenters. The predicted octanol–water partition coefficient (Wildman–Crippen LogP) is 2.41. The first-order valence-corrected chi connectivity index (χ1v) is 6.00. The van der Waals surface area contributed by atoms with Crippen LogP contribution in [0.3, 0.4) is 0 Å². The zero-order valence-electron chi connectivity index (χ0n) is 10.7. The van der Waals surface area contributed by atoms with Crippen LogP contribution in [0, 0.1) is 6.92 Å². The van der Waals surface area contributed by atoms with Crippen molar-refractivity contribution in [1.82, 2.24) is 0 Å². The van der Waals surface area contributed by atoms with E-state index < -0.39 is 0 Å². The molecule has 0 saturated heterocycles. The molecule has 4 N–H and O–H groups in total. The summed E-state index contributed by atoms with van der Waals surface area (Å²) in [6.45, 7) is 2.13. The van der Waals surface area contributed by atoms with Gasteiger partial charge in [0.2, 0.25) is 0 Å². The maximum absolute atomic E-state index is 12.1. The molecule has 0 aliphatic heterocycles. The molecule has 19 heavy (non-hydrogen) atoms. The van der Waals surface area contributed by atoms with Crippen LogP contribution in [0.4, 0.5) is 5.69 Å². The molecule has 0 aliphatic carbocycles. The number of nitrogens with one attached hydrogen (secondary N) is 1. The van der Waals surface area contributed by atoms with E-state index in [9.17, 15) is 9.90 Å². The number of nitrogens with two attached hydrogens (primary N) is 1. The number of phenols is 1. The van der Waals surface area contributed by atoms with Gasteiger partial charge in [-0.25, -0.2) is 0 Å². The van der Waals surface area contributed by atoms with Crippen LogP contribution in [0.25, 0.3) is 0 Å². The van der Waals surface area contributed by atoms with Gasteiger partial charge in [-0.05, 0) is 36.8 Å². The Balaban J connectivity index is 2.23. The van der Waals surface area contributed by atoms with E-state index >= 15 is 0 Å². The smallest absolute Gasteiger partial charge is 0.256 e. The van der Waals surface area contributed by atoms with E-state index in [1.165, 1.54) is 0 Å². The van der Waals surface area contributed by atoms with E-state index in [-0.39, 0.29) is 11.7 Å². The van der Waals surface area contributed by atoms with Crippen LogP contribution in [0.15, 0.2) is 42.5 Å². The van der Waals surface area contributed by atoms with Crippen molar-refractivity contribution in [3.63, 3.8) is 0 Å². The number of rotatable bonds is 3. The number of anilines is 1. The second-order valence-electron chi connectivity index (χ2n) is 4.31. The number of carbonyl (C=O) groups is 1. The summed E-state index contributed by atoms with van der Waals surface area (Å²) in [4.78, 5) is 12.1. The first-order valence-electron chi connectivity index (χ1n) is 6.00. The maximum Gasteiger partial charge on any atom is 0.256 e. The number of phenolic OH excluding ortho intramolecular Hbond substituents is 1. The molecule has 1 amide bonds. The Morgan fingerprint density at radius 2 is 2.00 bits per heavy atom. The Morgan fingerprint density at radius 1 is 1.26 bits per heavy atom. The summed E-state index contributed by atoms with van der Waals surface area (Å²) < 4.78 is 0. The topological polar surface area (TPSA) is 75.3 Å². The van der Waals surface area contributed by atoms with Crippen LogP contribution in [0.2, 0.25) is 0 Å². The van der Waals surface area contributed by atoms with Crippen LogP contribution in [0.5, 0.6) is 5.75 Å². The van der Waals surface area contributed by atoms with E-state index in [0.29, 0.717) is 23.4 Å². The highest BCUT2D eigenvalue weighted by molar-refractivity contribution is 6.05. The lowest BCUT2D eigenvalue weighted by Crippen LogP contribution is -2.13. The zero-order chi connectivity index (χ0) is 13.8. The van der Waals surface area contributed by atoms with Crippen molar-refractivity contribution in [1.29, 1.82) is 0 Å². The monoisotopic (exact) mass is 256 g/mol. The fourth-order valence-electron chi connectivity index (χ4n) is 1.84. The molecule has 4 heteroatoms. The normalized spacial score (nSPS) is 10.2. The Kier molecular flexibility index (Phi) is 3.82. The molecule has 0 radical (unpaired) electrons. The number of benzene rings is 2. The molecule has 0 heterocycles. The van der Waals surface area contributed by atoms with Gasteiger partial charge in [0, 0.05) is 23.4 Å². The molecule has 2 aromatic carbocycles. The third-order valence-electron chi connectivity index (χ3n) is 2.97. The van der Waals surface area contributed by atoms with Crippen molar-refractivity contribution >= 4 is 11.6 Å². The Labute approximate surface area is 111 Å². The van der Waals surface area contributed by atoms with Gasteiger partial charge >= 0.3 is 0 Å². The number of carbonyl (C=O) groups excluding carboxylic acids is 1. The van der Waals surface area contributed by atoms with Gasteiger partial charge in [0.25, 0.3) is 5.91 Å². The Bertz CT molecular complexity index is 609. The minimum atomic E-state index is -0.248. The van der Waals surface area contributed by atoms with Crippen molar-refractivity contribution in [2.45, 2.75) is 13.5 Å². The van der Waals surface area contributed by atoms with Crippen molar-refractivity contribution in [2.24, 2.45) is 5.73 Å². The summed E-state index contributed by atoms with van der Waals surface area (Å²) in [7, 11) is 0. The molecule has 4 nitrogen and oxygen atoms in total. The van der Waals surface area contributed by atoms with E-state index in [1.807, 2.05) is 18.2 Å². The van der Waals surface area contributed by atoms with E-state index in [1.54, 1.807) is 31.2 Å². The standard InChI is InChI=1S/C15H16N2O2/c1-10-13(6-3-7-14(10)18)15(19)17-12-5-2-4-11(8-12)9-16/h2-8,18H,9,16H2,1H3,(H,17,19). The lowest BCUT2D eigenvalue weighted by atomic mass is 10.1. The molecular formula is C15H16N2O2. The summed E-state index contributed by atoms with van der Waals surface area (Å²) in [5, 5.41) is 12.4.